The molecule has 0 saturated carbocycles. The number of imidazole rings is 1. The molecule has 8 nitrogen and oxygen atoms in total. The third kappa shape index (κ3) is 2.49. The first-order valence-electron chi connectivity index (χ1n) is 9.79. The molecule has 1 aliphatic rings. The summed E-state index contributed by atoms with van der Waals surface area (Å²) in [6.07, 6.45) is 4.76. The van der Waals surface area contributed by atoms with Crippen molar-refractivity contribution in [2.75, 3.05) is 18.8 Å². The molecule has 4 aromatic rings. The number of fused-ring (bicyclic) bond motifs is 3. The van der Waals surface area contributed by atoms with E-state index in [2.05, 4.69) is 15.2 Å². The Morgan fingerprint density at radius 1 is 1.18 bits per heavy atom. The minimum absolute atomic E-state index is 0.360. The molecule has 0 bridgehead atoms. The number of piperidine rings is 1. The Bertz CT molecular complexity index is 1160. The molecule has 8 heteroatoms. The van der Waals surface area contributed by atoms with E-state index in [1.54, 1.807) is 6.20 Å². The van der Waals surface area contributed by atoms with E-state index in [0.29, 0.717) is 36.9 Å². The number of hydrogen-bond donors (Lipinski definition) is 2. The highest BCUT2D eigenvalue weighted by atomic mass is 16.5. The Balaban J connectivity index is 1.77. The fourth-order valence-corrected chi connectivity index (χ4v) is 4.31. The topological polar surface area (TPSA) is 108 Å². The van der Waals surface area contributed by atoms with Crippen molar-refractivity contribution in [2.24, 2.45) is 0 Å². The van der Waals surface area contributed by atoms with E-state index in [4.69, 9.17) is 10.7 Å². The molecule has 0 atom stereocenters. The Hall–Kier alpha value is -2.97. The summed E-state index contributed by atoms with van der Waals surface area (Å²) >= 11 is 0. The summed E-state index contributed by atoms with van der Waals surface area (Å²) in [5, 5.41) is 21.5. The predicted molar refractivity (Wildman–Crippen MR) is 111 cm³/mol. The molecule has 28 heavy (non-hydrogen) atoms. The zero-order valence-electron chi connectivity index (χ0n) is 15.9. The van der Waals surface area contributed by atoms with Crippen LogP contribution in [0.4, 0.5) is 11.8 Å². The first-order valence-corrected chi connectivity index (χ1v) is 9.79. The van der Waals surface area contributed by atoms with E-state index < -0.39 is 0 Å². The van der Waals surface area contributed by atoms with Crippen molar-refractivity contribution in [3.8, 4) is 11.3 Å². The van der Waals surface area contributed by atoms with Crippen LogP contribution < -0.4 is 10.4 Å². The summed E-state index contributed by atoms with van der Waals surface area (Å²) in [7, 11) is 0. The molecule has 1 aromatic carbocycles. The quantitative estimate of drug-likeness (QED) is 0.419. The molecule has 144 valence electrons. The van der Waals surface area contributed by atoms with Crippen LogP contribution in [0.3, 0.4) is 0 Å². The number of H-pyrrole nitrogens is 1. The first kappa shape index (κ1) is 17.2. The standard InChI is InChI=1S/C20H23N7O/c1-2-26-18-14-7-6-13(15-8-9-22-25-15)12-16(14)23-19(21)17(18)24-20(26)27(28)10-4-3-5-11-27/h6-9,12H,2-5,10-11H2,1H3,(H2,21,23)(H,22,25). The van der Waals surface area contributed by atoms with Crippen LogP contribution in [0, 0.1) is 5.21 Å². The number of anilines is 1. The predicted octanol–water partition coefficient (Wildman–Crippen LogP) is 3.57. The number of nitrogen functional groups attached to an aromatic ring is 1. The normalized spacial score (nSPS) is 16.8. The van der Waals surface area contributed by atoms with Gasteiger partial charge in [-0.15, -0.1) is 0 Å². The summed E-state index contributed by atoms with van der Waals surface area (Å²) in [4.78, 5) is 9.30. The van der Waals surface area contributed by atoms with Crippen molar-refractivity contribution in [2.45, 2.75) is 32.7 Å². The second-order valence-electron chi connectivity index (χ2n) is 7.44. The molecule has 0 spiro atoms. The minimum Gasteiger partial charge on any atom is -0.625 e. The Morgan fingerprint density at radius 2 is 2.00 bits per heavy atom. The molecule has 0 amide bonds. The number of quaternary nitrogens is 1. The average Bonchev–Trinajstić information content (AvgIpc) is 3.37. The van der Waals surface area contributed by atoms with Crippen molar-refractivity contribution >= 4 is 33.7 Å². The lowest BCUT2D eigenvalue weighted by Gasteiger charge is -2.43. The molecular formula is C20H23N7O. The summed E-state index contributed by atoms with van der Waals surface area (Å²) in [5.74, 6) is 0.910. The monoisotopic (exact) mass is 377 g/mol. The second-order valence-corrected chi connectivity index (χ2v) is 7.44. The van der Waals surface area contributed by atoms with Crippen LogP contribution in [0.25, 0.3) is 33.2 Å². The van der Waals surface area contributed by atoms with Crippen LogP contribution in [-0.4, -0.2) is 37.8 Å². The number of aromatic nitrogens is 5. The third-order valence-electron chi connectivity index (χ3n) is 5.70. The number of hydroxylamine groups is 2. The van der Waals surface area contributed by atoms with Gasteiger partial charge in [0.25, 0.3) is 0 Å². The van der Waals surface area contributed by atoms with Gasteiger partial charge < -0.3 is 10.9 Å². The van der Waals surface area contributed by atoms with Crippen LogP contribution in [0.1, 0.15) is 26.2 Å². The molecule has 0 unspecified atom stereocenters. The number of benzene rings is 1. The van der Waals surface area contributed by atoms with E-state index in [0.717, 1.165) is 46.9 Å². The number of aryl methyl sites for hydroxylation is 1. The minimum atomic E-state index is -0.380. The number of rotatable bonds is 3. The van der Waals surface area contributed by atoms with Gasteiger partial charge in [0.2, 0.25) is 0 Å². The maximum atomic E-state index is 13.5. The van der Waals surface area contributed by atoms with Crippen molar-refractivity contribution in [1.29, 1.82) is 0 Å². The highest BCUT2D eigenvalue weighted by Crippen LogP contribution is 2.36. The molecule has 1 saturated heterocycles. The molecule has 1 fully saturated rings. The first-order chi connectivity index (χ1) is 13.6. The van der Waals surface area contributed by atoms with Gasteiger partial charge in [-0.25, -0.2) is 4.98 Å². The molecule has 3 aromatic heterocycles. The SMILES string of the molecule is CCn1c([N+]2([O-])CCCCC2)nc2c(N)nc3cc(-c4cc[nH]n4)ccc3c21. The smallest absolute Gasteiger partial charge is 0.310 e. The summed E-state index contributed by atoms with van der Waals surface area (Å²) in [5.41, 5.74) is 10.4. The van der Waals surface area contributed by atoms with Gasteiger partial charge in [-0.3, -0.25) is 14.3 Å². The number of aromatic amines is 1. The zero-order chi connectivity index (χ0) is 19.3. The maximum Gasteiger partial charge on any atom is 0.310 e. The molecule has 0 radical (unpaired) electrons. The van der Waals surface area contributed by atoms with Crippen LogP contribution in [0.2, 0.25) is 0 Å². The Morgan fingerprint density at radius 3 is 2.71 bits per heavy atom. The summed E-state index contributed by atoms with van der Waals surface area (Å²) in [6, 6.07) is 7.94. The molecule has 4 heterocycles. The fourth-order valence-electron chi connectivity index (χ4n) is 4.31. The van der Waals surface area contributed by atoms with Crippen LogP contribution in [-0.2, 0) is 6.54 Å². The number of nitrogens with two attached hydrogens (primary N) is 1. The number of nitrogens with zero attached hydrogens (tertiary/aromatic N) is 5. The van der Waals surface area contributed by atoms with E-state index in [9.17, 15) is 5.21 Å². The van der Waals surface area contributed by atoms with Gasteiger partial charge in [-0.1, -0.05) is 6.07 Å². The van der Waals surface area contributed by atoms with Gasteiger partial charge in [0.15, 0.2) is 5.82 Å². The lowest BCUT2D eigenvalue weighted by molar-refractivity contribution is 0.287. The van der Waals surface area contributed by atoms with Gasteiger partial charge in [0, 0.05) is 23.7 Å². The van der Waals surface area contributed by atoms with Gasteiger partial charge in [-0.2, -0.15) is 10.1 Å². The van der Waals surface area contributed by atoms with Crippen LogP contribution >= 0.6 is 0 Å². The number of nitrogens with one attached hydrogen (secondary N) is 1. The van der Waals surface area contributed by atoms with E-state index in [1.807, 2.05) is 35.8 Å². The maximum absolute atomic E-state index is 13.5. The highest BCUT2D eigenvalue weighted by Gasteiger charge is 2.31. The van der Waals surface area contributed by atoms with E-state index in [-0.39, 0.29) is 4.65 Å². The lowest BCUT2D eigenvalue weighted by Crippen LogP contribution is -2.48. The average molecular weight is 377 g/mol. The van der Waals surface area contributed by atoms with Crippen LogP contribution in [0.15, 0.2) is 30.5 Å². The number of pyridine rings is 1. The molecule has 5 rings (SSSR count). The third-order valence-corrected chi connectivity index (χ3v) is 5.70. The van der Waals surface area contributed by atoms with E-state index >= 15 is 0 Å². The summed E-state index contributed by atoms with van der Waals surface area (Å²) < 4.78 is 1.65. The Labute approximate surface area is 162 Å². The zero-order valence-corrected chi connectivity index (χ0v) is 15.9. The lowest BCUT2D eigenvalue weighted by atomic mass is 10.1. The second kappa shape index (κ2) is 6.29. The fraction of sp³-hybridized carbons (Fsp3) is 0.350. The van der Waals surface area contributed by atoms with Crippen molar-refractivity contribution < 1.29 is 0 Å². The summed E-state index contributed by atoms with van der Waals surface area (Å²) in [6.45, 7) is 3.84. The molecular weight excluding hydrogens is 354 g/mol. The largest absolute Gasteiger partial charge is 0.625 e. The number of hydrogen-bond acceptors (Lipinski definition) is 5. The highest BCUT2D eigenvalue weighted by molar-refractivity contribution is 6.08. The molecule has 3 N–H and O–H groups in total. The van der Waals surface area contributed by atoms with Crippen molar-refractivity contribution in [1.82, 2.24) is 29.4 Å². The van der Waals surface area contributed by atoms with E-state index in [1.165, 1.54) is 0 Å². The molecule has 0 aliphatic carbocycles. The van der Waals surface area contributed by atoms with Gasteiger partial charge in [0.1, 0.15) is 5.52 Å². The molecule has 1 aliphatic heterocycles. The van der Waals surface area contributed by atoms with Crippen molar-refractivity contribution in [3.63, 3.8) is 0 Å². The van der Waals surface area contributed by atoms with Gasteiger partial charge in [-0.05, 0) is 44.4 Å². The van der Waals surface area contributed by atoms with Gasteiger partial charge >= 0.3 is 5.95 Å². The van der Waals surface area contributed by atoms with Crippen molar-refractivity contribution in [3.05, 3.63) is 35.7 Å². The van der Waals surface area contributed by atoms with Gasteiger partial charge in [0.05, 0.1) is 29.8 Å². The van der Waals surface area contributed by atoms with Crippen LogP contribution in [0.5, 0.6) is 0 Å². The Kier molecular flexibility index (Phi) is 3.85.